The molecule has 0 saturated carbocycles. The number of sulfonamides is 1. The van der Waals surface area contributed by atoms with Crippen LogP contribution in [0.25, 0.3) is 0 Å². The lowest BCUT2D eigenvalue weighted by molar-refractivity contribution is 0.578. The van der Waals surface area contributed by atoms with Gasteiger partial charge in [-0.3, -0.25) is 0 Å². The molecule has 0 amide bonds. The van der Waals surface area contributed by atoms with Crippen molar-refractivity contribution in [2.75, 3.05) is 18.6 Å². The number of benzene rings is 1. The minimum atomic E-state index is -3.33. The molecule has 0 fully saturated rings. The van der Waals surface area contributed by atoms with Crippen molar-refractivity contribution < 1.29 is 16.8 Å². The van der Waals surface area contributed by atoms with Crippen molar-refractivity contribution >= 4 is 19.9 Å². The zero-order valence-electron chi connectivity index (χ0n) is 10.7. The van der Waals surface area contributed by atoms with Gasteiger partial charge < -0.3 is 5.73 Å². The van der Waals surface area contributed by atoms with Crippen molar-refractivity contribution in [1.29, 1.82) is 0 Å². The van der Waals surface area contributed by atoms with Gasteiger partial charge in [0.05, 0.1) is 10.6 Å². The van der Waals surface area contributed by atoms with Crippen molar-refractivity contribution in [3.63, 3.8) is 0 Å². The van der Waals surface area contributed by atoms with Crippen molar-refractivity contribution in [3.8, 4) is 0 Å². The number of hydrogen-bond acceptors (Lipinski definition) is 5. The highest BCUT2D eigenvalue weighted by Crippen LogP contribution is 2.10. The predicted molar refractivity (Wildman–Crippen MR) is 73.8 cm³/mol. The van der Waals surface area contributed by atoms with Gasteiger partial charge in [-0.1, -0.05) is 12.1 Å². The van der Waals surface area contributed by atoms with Gasteiger partial charge in [0.1, 0.15) is 0 Å². The lowest BCUT2D eigenvalue weighted by Crippen LogP contribution is -2.27. The zero-order valence-corrected chi connectivity index (χ0v) is 12.3. The lowest BCUT2D eigenvalue weighted by atomic mass is 10.2. The summed E-state index contributed by atoms with van der Waals surface area (Å²) in [7, 11) is -6.56. The van der Waals surface area contributed by atoms with Gasteiger partial charge in [0.15, 0.2) is 9.84 Å². The molecule has 6 nitrogen and oxygen atoms in total. The molecule has 0 atom stereocenters. The molecule has 1 aromatic carbocycles. The van der Waals surface area contributed by atoms with Gasteiger partial charge in [-0.15, -0.1) is 0 Å². The minimum absolute atomic E-state index is 0.00901. The first-order valence-electron chi connectivity index (χ1n) is 5.71. The zero-order chi connectivity index (χ0) is 14.5. The maximum atomic E-state index is 11.5. The summed E-state index contributed by atoms with van der Waals surface area (Å²) in [4.78, 5) is 0.210. The van der Waals surface area contributed by atoms with Crippen LogP contribution in [0.15, 0.2) is 29.2 Å². The molecule has 0 spiro atoms. The summed E-state index contributed by atoms with van der Waals surface area (Å²) in [6.07, 6.45) is 1.53. The quantitative estimate of drug-likeness (QED) is 0.729. The van der Waals surface area contributed by atoms with E-state index in [0.717, 1.165) is 6.26 Å². The van der Waals surface area contributed by atoms with Crippen molar-refractivity contribution in [1.82, 2.24) is 4.72 Å². The Morgan fingerprint density at radius 1 is 1.11 bits per heavy atom. The van der Waals surface area contributed by atoms with Crippen LogP contribution in [0, 0.1) is 0 Å². The van der Waals surface area contributed by atoms with Crippen LogP contribution in [0.3, 0.4) is 0 Å². The molecule has 0 saturated heterocycles. The molecule has 0 aliphatic heterocycles. The van der Waals surface area contributed by atoms with Crippen LogP contribution < -0.4 is 10.5 Å². The van der Waals surface area contributed by atoms with Gasteiger partial charge in [-0.2, -0.15) is 0 Å². The van der Waals surface area contributed by atoms with E-state index in [9.17, 15) is 16.8 Å². The van der Waals surface area contributed by atoms with E-state index in [-0.39, 0.29) is 17.2 Å². The highest BCUT2D eigenvalue weighted by Gasteiger charge is 2.10. The second-order valence-corrected chi connectivity index (χ2v) is 8.14. The van der Waals surface area contributed by atoms with Crippen molar-refractivity contribution in [3.05, 3.63) is 29.8 Å². The molecule has 19 heavy (non-hydrogen) atoms. The SMILES string of the molecule is CS(=O)(=O)c1ccc(CNS(=O)(=O)CCCN)cc1. The molecule has 0 aliphatic rings. The van der Waals surface area contributed by atoms with Crippen LogP contribution in [-0.4, -0.2) is 35.4 Å². The third kappa shape index (κ3) is 5.68. The standard InChI is InChI=1S/C11H18N2O4S2/c1-18(14,15)11-5-3-10(4-6-11)9-13-19(16,17)8-2-7-12/h3-6,13H,2,7-9,12H2,1H3. The van der Waals surface area contributed by atoms with E-state index in [0.29, 0.717) is 18.5 Å². The van der Waals surface area contributed by atoms with Crippen LogP contribution in [0.5, 0.6) is 0 Å². The van der Waals surface area contributed by atoms with Crippen LogP contribution in [-0.2, 0) is 26.4 Å². The summed E-state index contributed by atoms with van der Waals surface area (Å²) >= 11 is 0. The van der Waals surface area contributed by atoms with E-state index < -0.39 is 19.9 Å². The molecule has 0 unspecified atom stereocenters. The van der Waals surface area contributed by atoms with Gasteiger partial charge in [0.2, 0.25) is 10.0 Å². The topological polar surface area (TPSA) is 106 Å². The Hall–Kier alpha value is -0.960. The Balaban J connectivity index is 2.65. The normalized spacial score (nSPS) is 12.5. The van der Waals surface area contributed by atoms with Crippen LogP contribution in [0.4, 0.5) is 0 Å². The maximum Gasteiger partial charge on any atom is 0.211 e. The molecular formula is C11H18N2O4S2. The third-order valence-electron chi connectivity index (χ3n) is 2.46. The first-order valence-corrected chi connectivity index (χ1v) is 9.25. The second-order valence-electron chi connectivity index (χ2n) is 4.20. The molecule has 0 bridgehead atoms. The van der Waals surface area contributed by atoms with E-state index in [1.165, 1.54) is 12.1 Å². The average molecular weight is 306 g/mol. The Morgan fingerprint density at radius 3 is 2.16 bits per heavy atom. The van der Waals surface area contributed by atoms with E-state index in [4.69, 9.17) is 5.73 Å². The largest absolute Gasteiger partial charge is 0.330 e. The summed E-state index contributed by atoms with van der Waals surface area (Å²) in [5.41, 5.74) is 5.95. The summed E-state index contributed by atoms with van der Waals surface area (Å²) in [5.74, 6) is -0.00901. The Labute approximate surface area is 114 Å². The maximum absolute atomic E-state index is 11.5. The van der Waals surface area contributed by atoms with Gasteiger partial charge >= 0.3 is 0 Å². The van der Waals surface area contributed by atoms with Gasteiger partial charge in [-0.05, 0) is 30.7 Å². The smallest absolute Gasteiger partial charge is 0.211 e. The van der Waals surface area contributed by atoms with Gasteiger partial charge in [0, 0.05) is 12.8 Å². The molecular weight excluding hydrogens is 288 g/mol. The van der Waals surface area contributed by atoms with Crippen LogP contribution in [0.1, 0.15) is 12.0 Å². The first-order chi connectivity index (χ1) is 8.74. The lowest BCUT2D eigenvalue weighted by Gasteiger charge is -2.06. The molecule has 1 rings (SSSR count). The summed E-state index contributed by atoms with van der Waals surface area (Å²) in [5, 5.41) is 0. The average Bonchev–Trinajstić information content (AvgIpc) is 2.34. The molecule has 3 N–H and O–H groups in total. The summed E-state index contributed by atoms with van der Waals surface area (Å²) in [6.45, 7) is 0.459. The van der Waals surface area contributed by atoms with E-state index in [1.807, 2.05) is 0 Å². The number of nitrogens with one attached hydrogen (secondary N) is 1. The number of sulfone groups is 1. The summed E-state index contributed by atoms with van der Waals surface area (Å²) < 4.78 is 48.0. The molecule has 1 aromatic rings. The monoisotopic (exact) mass is 306 g/mol. The minimum Gasteiger partial charge on any atom is -0.330 e. The highest BCUT2D eigenvalue weighted by molar-refractivity contribution is 7.90. The Kier molecular flexibility index (Phi) is 5.48. The molecule has 8 heteroatoms. The fourth-order valence-electron chi connectivity index (χ4n) is 1.39. The molecule has 0 aliphatic carbocycles. The van der Waals surface area contributed by atoms with Crippen LogP contribution >= 0.6 is 0 Å². The third-order valence-corrected chi connectivity index (χ3v) is 5.00. The number of hydrogen-bond donors (Lipinski definition) is 2. The van der Waals surface area contributed by atoms with Crippen molar-refractivity contribution in [2.24, 2.45) is 5.73 Å². The fraction of sp³-hybridized carbons (Fsp3) is 0.455. The molecule has 0 radical (unpaired) electrons. The van der Waals surface area contributed by atoms with Crippen molar-refractivity contribution in [2.45, 2.75) is 17.9 Å². The van der Waals surface area contributed by atoms with E-state index >= 15 is 0 Å². The second kappa shape index (κ2) is 6.47. The Bertz CT molecular complexity index is 607. The Morgan fingerprint density at radius 2 is 1.68 bits per heavy atom. The number of rotatable bonds is 7. The van der Waals surface area contributed by atoms with Crippen LogP contribution in [0.2, 0.25) is 0 Å². The summed E-state index contributed by atoms with van der Waals surface area (Å²) in [6, 6.07) is 6.08. The molecule has 0 heterocycles. The molecule has 0 aromatic heterocycles. The first kappa shape index (κ1) is 16.1. The highest BCUT2D eigenvalue weighted by atomic mass is 32.2. The van der Waals surface area contributed by atoms with E-state index in [1.54, 1.807) is 12.1 Å². The molecule has 108 valence electrons. The van der Waals surface area contributed by atoms with Gasteiger partial charge in [0.25, 0.3) is 0 Å². The fourth-order valence-corrected chi connectivity index (χ4v) is 3.10. The van der Waals surface area contributed by atoms with Gasteiger partial charge in [-0.25, -0.2) is 21.6 Å². The number of nitrogens with two attached hydrogens (primary N) is 1. The predicted octanol–water partition coefficient (Wildman–Crippen LogP) is -0.142. The van der Waals surface area contributed by atoms with E-state index in [2.05, 4.69) is 4.72 Å².